The van der Waals surface area contributed by atoms with Gasteiger partial charge in [0, 0.05) is 12.1 Å². The van der Waals surface area contributed by atoms with Crippen molar-refractivity contribution in [2.24, 2.45) is 0 Å². The molecule has 3 heteroatoms. The lowest BCUT2D eigenvalue weighted by Crippen LogP contribution is -2.19. The summed E-state index contributed by atoms with van der Waals surface area (Å²) in [5.74, 6) is -0.135. The SMILES string of the molecule is C/C(=C/Cl)CNCCc1ccccc1F. The van der Waals surface area contributed by atoms with E-state index in [1.165, 1.54) is 6.07 Å². The van der Waals surface area contributed by atoms with Crippen LogP contribution in [0, 0.1) is 5.82 Å². The minimum atomic E-state index is -0.135. The smallest absolute Gasteiger partial charge is 0.126 e. The Kier molecular flexibility index (Phi) is 5.37. The van der Waals surface area contributed by atoms with E-state index in [0.717, 1.165) is 24.2 Å². The highest BCUT2D eigenvalue weighted by Crippen LogP contribution is 2.06. The van der Waals surface area contributed by atoms with Crippen LogP contribution in [-0.4, -0.2) is 13.1 Å². The molecule has 0 amide bonds. The maximum absolute atomic E-state index is 13.2. The highest BCUT2D eigenvalue weighted by molar-refractivity contribution is 6.25. The average molecular weight is 228 g/mol. The Hall–Kier alpha value is -0.860. The van der Waals surface area contributed by atoms with Crippen LogP contribution in [0.1, 0.15) is 12.5 Å². The largest absolute Gasteiger partial charge is 0.313 e. The van der Waals surface area contributed by atoms with Gasteiger partial charge in [0.2, 0.25) is 0 Å². The Morgan fingerprint density at radius 2 is 2.20 bits per heavy atom. The summed E-state index contributed by atoms with van der Waals surface area (Å²) in [6.45, 7) is 3.45. The molecule has 0 bridgehead atoms. The Labute approximate surface area is 95.0 Å². The second kappa shape index (κ2) is 6.59. The van der Waals surface area contributed by atoms with Crippen LogP contribution < -0.4 is 5.32 Å². The van der Waals surface area contributed by atoms with Crippen molar-refractivity contribution in [1.29, 1.82) is 0 Å². The third kappa shape index (κ3) is 4.45. The highest BCUT2D eigenvalue weighted by Gasteiger charge is 1.99. The predicted octanol–water partition coefficient (Wildman–Crippen LogP) is 3.10. The monoisotopic (exact) mass is 227 g/mol. The molecule has 0 heterocycles. The van der Waals surface area contributed by atoms with Crippen LogP contribution in [-0.2, 0) is 6.42 Å². The minimum absolute atomic E-state index is 0.135. The second-order valence-electron chi connectivity index (χ2n) is 3.47. The topological polar surface area (TPSA) is 12.0 Å². The average Bonchev–Trinajstić information content (AvgIpc) is 2.26. The van der Waals surface area contributed by atoms with Gasteiger partial charge < -0.3 is 5.32 Å². The zero-order chi connectivity index (χ0) is 11.1. The molecule has 1 nitrogen and oxygen atoms in total. The molecule has 1 N–H and O–H groups in total. The first-order valence-corrected chi connectivity index (χ1v) is 5.37. The molecule has 1 rings (SSSR count). The van der Waals surface area contributed by atoms with Gasteiger partial charge in [0.1, 0.15) is 5.82 Å². The van der Waals surface area contributed by atoms with Crippen LogP contribution in [0.5, 0.6) is 0 Å². The zero-order valence-electron chi connectivity index (χ0n) is 8.76. The molecule has 0 atom stereocenters. The van der Waals surface area contributed by atoms with E-state index in [2.05, 4.69) is 5.32 Å². The number of nitrogens with one attached hydrogen (secondary N) is 1. The summed E-state index contributed by atoms with van der Waals surface area (Å²) in [5, 5.41) is 3.19. The first kappa shape index (κ1) is 12.2. The van der Waals surface area contributed by atoms with E-state index in [1.54, 1.807) is 17.7 Å². The molecular formula is C12H15ClFN. The van der Waals surface area contributed by atoms with Crippen molar-refractivity contribution in [3.8, 4) is 0 Å². The van der Waals surface area contributed by atoms with Crippen LogP contribution in [0.3, 0.4) is 0 Å². The maximum Gasteiger partial charge on any atom is 0.126 e. The molecule has 0 aliphatic rings. The molecule has 1 aromatic rings. The molecule has 0 fully saturated rings. The summed E-state index contributed by atoms with van der Waals surface area (Å²) < 4.78 is 13.2. The molecule has 1 aromatic carbocycles. The zero-order valence-corrected chi connectivity index (χ0v) is 9.52. The molecule has 0 spiro atoms. The normalized spacial score (nSPS) is 11.8. The summed E-state index contributed by atoms with van der Waals surface area (Å²) >= 11 is 5.51. The van der Waals surface area contributed by atoms with E-state index in [4.69, 9.17) is 11.6 Å². The summed E-state index contributed by atoms with van der Waals surface area (Å²) in [5.41, 5.74) is 3.37. The third-order valence-electron chi connectivity index (χ3n) is 2.12. The number of hydrogen-bond acceptors (Lipinski definition) is 1. The fraction of sp³-hybridized carbons (Fsp3) is 0.333. The van der Waals surface area contributed by atoms with E-state index in [9.17, 15) is 4.39 Å². The molecular weight excluding hydrogens is 213 g/mol. The fourth-order valence-corrected chi connectivity index (χ4v) is 1.33. The maximum atomic E-state index is 13.2. The van der Waals surface area contributed by atoms with Crippen molar-refractivity contribution in [1.82, 2.24) is 5.32 Å². The van der Waals surface area contributed by atoms with Gasteiger partial charge in [0.05, 0.1) is 0 Å². The van der Waals surface area contributed by atoms with Gasteiger partial charge in [-0.05, 0) is 37.1 Å². The highest BCUT2D eigenvalue weighted by atomic mass is 35.5. The molecule has 0 radical (unpaired) electrons. The number of benzene rings is 1. The van der Waals surface area contributed by atoms with Crippen molar-refractivity contribution in [3.63, 3.8) is 0 Å². The van der Waals surface area contributed by atoms with Crippen LogP contribution in [0.2, 0.25) is 0 Å². The minimum Gasteiger partial charge on any atom is -0.313 e. The van der Waals surface area contributed by atoms with E-state index < -0.39 is 0 Å². The molecule has 0 unspecified atom stereocenters. The van der Waals surface area contributed by atoms with Gasteiger partial charge in [-0.15, -0.1) is 0 Å². The third-order valence-corrected chi connectivity index (χ3v) is 2.49. The lowest BCUT2D eigenvalue weighted by atomic mass is 10.1. The summed E-state index contributed by atoms with van der Waals surface area (Å²) in [6, 6.07) is 6.84. The summed E-state index contributed by atoms with van der Waals surface area (Å²) in [6.07, 6.45) is 0.697. The standard InChI is InChI=1S/C12H15ClFN/c1-10(8-13)9-15-7-6-11-4-2-3-5-12(11)14/h2-5,8,15H,6-7,9H2,1H3/b10-8-. The Balaban J connectivity index is 2.29. The predicted molar refractivity (Wildman–Crippen MR) is 62.6 cm³/mol. The van der Waals surface area contributed by atoms with Crippen molar-refractivity contribution in [2.75, 3.05) is 13.1 Å². The lowest BCUT2D eigenvalue weighted by molar-refractivity contribution is 0.602. The Morgan fingerprint density at radius 3 is 2.87 bits per heavy atom. The molecule has 0 aromatic heterocycles. The summed E-state index contributed by atoms with van der Waals surface area (Å²) in [7, 11) is 0. The first-order chi connectivity index (χ1) is 7.24. The number of halogens is 2. The van der Waals surface area contributed by atoms with Crippen molar-refractivity contribution in [2.45, 2.75) is 13.3 Å². The van der Waals surface area contributed by atoms with Crippen LogP contribution in [0.15, 0.2) is 35.4 Å². The van der Waals surface area contributed by atoms with Gasteiger partial charge in [0.25, 0.3) is 0 Å². The molecule has 0 aliphatic heterocycles. The molecule has 0 aliphatic carbocycles. The van der Waals surface area contributed by atoms with E-state index in [1.807, 2.05) is 13.0 Å². The van der Waals surface area contributed by atoms with Gasteiger partial charge in [-0.2, -0.15) is 0 Å². The van der Waals surface area contributed by atoms with E-state index >= 15 is 0 Å². The van der Waals surface area contributed by atoms with Crippen molar-refractivity contribution >= 4 is 11.6 Å². The Morgan fingerprint density at radius 1 is 1.47 bits per heavy atom. The van der Waals surface area contributed by atoms with Gasteiger partial charge >= 0.3 is 0 Å². The molecule has 15 heavy (non-hydrogen) atoms. The lowest BCUT2D eigenvalue weighted by Gasteiger charge is -2.05. The van der Waals surface area contributed by atoms with E-state index in [0.29, 0.717) is 6.42 Å². The van der Waals surface area contributed by atoms with Gasteiger partial charge in [-0.25, -0.2) is 4.39 Å². The number of rotatable bonds is 5. The van der Waals surface area contributed by atoms with Crippen LogP contribution in [0.25, 0.3) is 0 Å². The molecule has 0 saturated heterocycles. The first-order valence-electron chi connectivity index (χ1n) is 4.94. The molecule has 82 valence electrons. The fourth-order valence-electron chi connectivity index (χ4n) is 1.25. The summed E-state index contributed by atoms with van der Waals surface area (Å²) in [4.78, 5) is 0. The van der Waals surface area contributed by atoms with Gasteiger partial charge in [-0.1, -0.05) is 29.8 Å². The second-order valence-corrected chi connectivity index (χ2v) is 3.69. The number of hydrogen-bond donors (Lipinski definition) is 1. The molecule has 0 saturated carbocycles. The van der Waals surface area contributed by atoms with Crippen molar-refractivity contribution in [3.05, 3.63) is 46.8 Å². The van der Waals surface area contributed by atoms with Gasteiger partial charge in [-0.3, -0.25) is 0 Å². The van der Waals surface area contributed by atoms with Crippen LogP contribution in [0.4, 0.5) is 4.39 Å². The van der Waals surface area contributed by atoms with Gasteiger partial charge in [0.15, 0.2) is 0 Å². The van der Waals surface area contributed by atoms with Crippen molar-refractivity contribution < 1.29 is 4.39 Å². The van der Waals surface area contributed by atoms with E-state index in [-0.39, 0.29) is 5.82 Å². The van der Waals surface area contributed by atoms with Crippen LogP contribution >= 0.6 is 11.6 Å². The Bertz CT molecular complexity index is 336. The quantitative estimate of drug-likeness (QED) is 0.763.